The van der Waals surface area contributed by atoms with E-state index in [1.807, 2.05) is 57.4 Å². The van der Waals surface area contributed by atoms with Gasteiger partial charge in [0.15, 0.2) is 0 Å². The van der Waals surface area contributed by atoms with Gasteiger partial charge in [-0.2, -0.15) is 5.10 Å². The van der Waals surface area contributed by atoms with Gasteiger partial charge in [0.05, 0.1) is 47.9 Å². The molecule has 0 aliphatic heterocycles. The predicted octanol–water partition coefficient (Wildman–Crippen LogP) is 4.08. The highest BCUT2D eigenvalue weighted by Crippen LogP contribution is 2.35. The van der Waals surface area contributed by atoms with Gasteiger partial charge in [0.25, 0.3) is 0 Å². The van der Waals surface area contributed by atoms with Crippen molar-refractivity contribution in [1.29, 1.82) is 0 Å². The van der Waals surface area contributed by atoms with Gasteiger partial charge in [-0.1, -0.05) is 5.92 Å². The second-order valence-electron chi connectivity index (χ2n) is 8.26. The molecule has 164 valence electrons. The number of methoxy groups -OCH3 is 2. The third-order valence-corrected chi connectivity index (χ3v) is 5.59. The van der Waals surface area contributed by atoms with Crippen molar-refractivity contribution in [3.05, 3.63) is 60.4 Å². The van der Waals surface area contributed by atoms with Gasteiger partial charge in [-0.3, -0.25) is 9.67 Å². The molecule has 1 unspecified atom stereocenters. The molecule has 1 atom stereocenters. The van der Waals surface area contributed by atoms with Crippen molar-refractivity contribution in [2.75, 3.05) is 19.1 Å². The Hall–Kier alpha value is -3.63. The summed E-state index contributed by atoms with van der Waals surface area (Å²) >= 11 is 0. The SMILES string of the molecule is C#CC(C)(C)N(C1=CC(OC)=CC(OC)C1)c1ccc2ncc(-c3cnn(C)c3)nc2c1. The van der Waals surface area contributed by atoms with Gasteiger partial charge in [-0.15, -0.1) is 6.42 Å². The molecule has 1 aliphatic carbocycles. The van der Waals surface area contributed by atoms with Crippen LogP contribution >= 0.6 is 0 Å². The number of hydrogen-bond acceptors (Lipinski definition) is 6. The largest absolute Gasteiger partial charge is 0.497 e. The Bertz CT molecular complexity index is 1250. The molecule has 0 saturated carbocycles. The molecule has 2 aromatic heterocycles. The van der Waals surface area contributed by atoms with Crippen LogP contribution in [0.3, 0.4) is 0 Å². The molecule has 1 aromatic carbocycles. The molecule has 0 spiro atoms. The van der Waals surface area contributed by atoms with Crippen LogP contribution < -0.4 is 4.90 Å². The van der Waals surface area contributed by atoms with Gasteiger partial charge in [0.2, 0.25) is 0 Å². The van der Waals surface area contributed by atoms with Crippen molar-refractivity contribution >= 4 is 16.7 Å². The highest BCUT2D eigenvalue weighted by Gasteiger charge is 2.31. The lowest BCUT2D eigenvalue weighted by molar-refractivity contribution is 0.133. The van der Waals surface area contributed by atoms with E-state index < -0.39 is 5.54 Å². The molecule has 0 amide bonds. The van der Waals surface area contributed by atoms with Crippen LogP contribution in [0.2, 0.25) is 0 Å². The number of aryl methyl sites for hydroxylation is 1. The van der Waals surface area contributed by atoms with Gasteiger partial charge in [-0.25, -0.2) is 4.98 Å². The molecule has 7 heteroatoms. The highest BCUT2D eigenvalue weighted by atomic mass is 16.5. The minimum atomic E-state index is -0.595. The van der Waals surface area contributed by atoms with Crippen molar-refractivity contribution in [1.82, 2.24) is 19.7 Å². The number of rotatable bonds is 6. The first-order valence-corrected chi connectivity index (χ1v) is 10.4. The topological polar surface area (TPSA) is 65.3 Å². The van der Waals surface area contributed by atoms with E-state index >= 15 is 0 Å². The summed E-state index contributed by atoms with van der Waals surface area (Å²) in [6, 6.07) is 6.01. The van der Waals surface area contributed by atoms with Crippen LogP contribution in [-0.4, -0.2) is 45.6 Å². The Kier molecular flexibility index (Phi) is 5.72. The quantitative estimate of drug-likeness (QED) is 0.550. The summed E-state index contributed by atoms with van der Waals surface area (Å²) in [5.74, 6) is 3.67. The lowest BCUT2D eigenvalue weighted by Gasteiger charge is -2.40. The summed E-state index contributed by atoms with van der Waals surface area (Å²) in [5.41, 5.74) is 4.62. The summed E-state index contributed by atoms with van der Waals surface area (Å²) in [6.45, 7) is 4.03. The van der Waals surface area contributed by atoms with Gasteiger partial charge < -0.3 is 14.4 Å². The molecule has 0 radical (unpaired) electrons. The second kappa shape index (κ2) is 8.48. The molecule has 0 bridgehead atoms. The lowest BCUT2D eigenvalue weighted by Crippen LogP contribution is -2.43. The molecule has 0 saturated heterocycles. The van der Waals surface area contributed by atoms with Gasteiger partial charge >= 0.3 is 0 Å². The molecular formula is C25H27N5O2. The van der Waals surface area contributed by atoms with Crippen LogP contribution in [-0.2, 0) is 16.5 Å². The monoisotopic (exact) mass is 429 g/mol. The number of aromatic nitrogens is 4. The zero-order valence-corrected chi connectivity index (χ0v) is 19.0. The van der Waals surface area contributed by atoms with Crippen LogP contribution in [0.25, 0.3) is 22.3 Å². The fraction of sp³-hybridized carbons (Fsp3) is 0.320. The van der Waals surface area contributed by atoms with E-state index in [2.05, 4.69) is 20.9 Å². The van der Waals surface area contributed by atoms with Crippen LogP contribution in [0.1, 0.15) is 20.3 Å². The Balaban J connectivity index is 1.82. The van der Waals surface area contributed by atoms with E-state index in [9.17, 15) is 0 Å². The Morgan fingerprint density at radius 3 is 2.69 bits per heavy atom. The number of anilines is 1. The first kappa shape index (κ1) is 21.6. The molecule has 0 N–H and O–H groups in total. The van der Waals surface area contributed by atoms with Crippen LogP contribution in [0.5, 0.6) is 0 Å². The normalized spacial score (nSPS) is 16.3. The van der Waals surface area contributed by atoms with E-state index in [0.29, 0.717) is 6.42 Å². The van der Waals surface area contributed by atoms with Crippen LogP contribution in [0, 0.1) is 12.3 Å². The summed E-state index contributed by atoms with van der Waals surface area (Å²) in [7, 11) is 5.23. The number of fused-ring (bicyclic) bond motifs is 1. The lowest BCUT2D eigenvalue weighted by atomic mass is 9.97. The molecule has 3 aromatic rings. The zero-order chi connectivity index (χ0) is 22.9. The number of allylic oxidation sites excluding steroid dienone is 1. The van der Waals surface area contributed by atoms with Crippen molar-refractivity contribution in [2.24, 2.45) is 7.05 Å². The highest BCUT2D eigenvalue weighted by molar-refractivity contribution is 5.82. The van der Waals surface area contributed by atoms with Crippen LogP contribution in [0.15, 0.2) is 60.4 Å². The minimum absolute atomic E-state index is 0.0987. The van der Waals surface area contributed by atoms with Gasteiger partial charge in [-0.05, 0) is 44.2 Å². The fourth-order valence-corrected chi connectivity index (χ4v) is 3.90. The number of ether oxygens (including phenoxy) is 2. The smallest absolute Gasteiger partial charge is 0.119 e. The van der Waals surface area contributed by atoms with E-state index in [1.54, 1.807) is 31.3 Å². The maximum absolute atomic E-state index is 5.97. The molecular weight excluding hydrogens is 402 g/mol. The second-order valence-corrected chi connectivity index (χ2v) is 8.26. The number of benzene rings is 1. The molecule has 32 heavy (non-hydrogen) atoms. The molecule has 2 heterocycles. The van der Waals surface area contributed by atoms with Crippen molar-refractivity contribution in [3.63, 3.8) is 0 Å². The standard InChI is InChI=1S/C25H27N5O2/c1-7-25(2,3)30(19-10-20(31-5)13-21(11-19)32-6)18-8-9-22-23(12-18)28-24(15-26-22)17-14-27-29(4)16-17/h1,8-10,12-16,21H,11H2,2-6H3. The number of terminal acetylenes is 1. The molecule has 1 aliphatic rings. The van der Waals surface area contributed by atoms with Crippen LogP contribution in [0.4, 0.5) is 5.69 Å². The average molecular weight is 430 g/mol. The van der Waals surface area contributed by atoms with Crippen molar-refractivity contribution < 1.29 is 9.47 Å². The number of hydrogen-bond donors (Lipinski definition) is 0. The third kappa shape index (κ3) is 4.10. The molecule has 4 rings (SSSR count). The third-order valence-electron chi connectivity index (χ3n) is 5.59. The first-order chi connectivity index (χ1) is 15.3. The fourth-order valence-electron chi connectivity index (χ4n) is 3.90. The Morgan fingerprint density at radius 1 is 1.22 bits per heavy atom. The summed E-state index contributed by atoms with van der Waals surface area (Å²) in [4.78, 5) is 11.6. The van der Waals surface area contributed by atoms with E-state index in [4.69, 9.17) is 20.9 Å². The van der Waals surface area contributed by atoms with Crippen molar-refractivity contribution in [2.45, 2.75) is 31.9 Å². The Morgan fingerprint density at radius 2 is 2.03 bits per heavy atom. The van der Waals surface area contributed by atoms with Crippen molar-refractivity contribution in [3.8, 4) is 23.6 Å². The first-order valence-electron chi connectivity index (χ1n) is 10.4. The summed E-state index contributed by atoms with van der Waals surface area (Å²) in [6.07, 6.45) is 16.0. The summed E-state index contributed by atoms with van der Waals surface area (Å²) in [5, 5.41) is 4.24. The van der Waals surface area contributed by atoms with Gasteiger partial charge in [0, 0.05) is 43.7 Å². The van der Waals surface area contributed by atoms with E-state index in [0.717, 1.165) is 39.4 Å². The maximum Gasteiger partial charge on any atom is 0.119 e. The minimum Gasteiger partial charge on any atom is -0.497 e. The van der Waals surface area contributed by atoms with E-state index in [1.165, 1.54) is 0 Å². The molecule has 7 nitrogen and oxygen atoms in total. The van der Waals surface area contributed by atoms with E-state index in [-0.39, 0.29) is 6.10 Å². The zero-order valence-electron chi connectivity index (χ0n) is 19.0. The Labute approximate surface area is 188 Å². The maximum atomic E-state index is 5.97. The molecule has 0 fully saturated rings. The number of nitrogens with zero attached hydrogens (tertiary/aromatic N) is 5. The average Bonchev–Trinajstić information content (AvgIpc) is 3.24. The summed E-state index contributed by atoms with van der Waals surface area (Å²) < 4.78 is 12.9. The van der Waals surface area contributed by atoms with Gasteiger partial charge in [0.1, 0.15) is 5.76 Å². The predicted molar refractivity (Wildman–Crippen MR) is 126 cm³/mol.